The summed E-state index contributed by atoms with van der Waals surface area (Å²) in [7, 11) is 1.67. The van der Waals surface area contributed by atoms with Gasteiger partial charge in [0.1, 0.15) is 11.9 Å². The average molecular weight is 504 g/mol. The number of halogens is 1. The number of likely N-dealkylation sites (N-methyl/N-ethyl adjacent to an activating group) is 1. The van der Waals surface area contributed by atoms with Crippen LogP contribution in [0.5, 0.6) is 0 Å². The number of carbonyl (C=O) groups is 4. The molecule has 4 amide bonds. The molecule has 1 aromatic rings. The van der Waals surface area contributed by atoms with Gasteiger partial charge in [0.05, 0.1) is 24.0 Å². The van der Waals surface area contributed by atoms with E-state index in [0.29, 0.717) is 13.0 Å². The minimum Gasteiger partial charge on any atom is -0.352 e. The molecule has 0 unspecified atom stereocenters. The largest absolute Gasteiger partial charge is 0.352 e. The van der Waals surface area contributed by atoms with Crippen molar-refractivity contribution in [3.8, 4) is 0 Å². The maximum Gasteiger partial charge on any atom is 0.246 e. The van der Waals surface area contributed by atoms with Crippen LogP contribution >= 0.6 is 0 Å². The van der Waals surface area contributed by atoms with E-state index in [1.54, 1.807) is 35.9 Å². The number of nitrogens with zero attached hydrogens (tertiary/aromatic N) is 2. The standard InChI is InChI=1S/C26H38FN5O4/c1-15(28-6)23(34)30-22(26(3,4)5)25(36)31-12-11-20-21(31)19(14-32(20)16(2)33)24(35)29-13-17-7-9-18(27)10-8-17/h7-10,15,19-22,28H,11-14H2,1-6H3,(H,29,35)(H,30,34)/t15-,19-,20+,21+,22+/m0/s1. The van der Waals surface area contributed by atoms with Gasteiger partial charge in [-0.25, -0.2) is 4.39 Å². The van der Waals surface area contributed by atoms with Gasteiger partial charge in [-0.15, -0.1) is 0 Å². The first-order valence-corrected chi connectivity index (χ1v) is 12.4. The van der Waals surface area contributed by atoms with Crippen molar-refractivity contribution >= 4 is 23.6 Å². The van der Waals surface area contributed by atoms with Crippen molar-refractivity contribution in [2.75, 3.05) is 20.1 Å². The van der Waals surface area contributed by atoms with Crippen LogP contribution in [0.4, 0.5) is 4.39 Å². The number of benzene rings is 1. The summed E-state index contributed by atoms with van der Waals surface area (Å²) in [5, 5.41) is 8.66. The molecule has 10 heteroatoms. The number of hydrogen-bond acceptors (Lipinski definition) is 5. The van der Waals surface area contributed by atoms with Gasteiger partial charge in [0.15, 0.2) is 0 Å². The zero-order chi connectivity index (χ0) is 26.8. The van der Waals surface area contributed by atoms with Crippen LogP contribution in [-0.2, 0) is 25.7 Å². The summed E-state index contributed by atoms with van der Waals surface area (Å²) in [6, 6.07) is 3.84. The smallest absolute Gasteiger partial charge is 0.246 e. The number of hydrogen-bond donors (Lipinski definition) is 3. The van der Waals surface area contributed by atoms with Gasteiger partial charge in [-0.1, -0.05) is 32.9 Å². The minimum absolute atomic E-state index is 0.142. The highest BCUT2D eigenvalue weighted by Crippen LogP contribution is 2.37. The predicted octanol–water partition coefficient (Wildman–Crippen LogP) is 1.03. The van der Waals surface area contributed by atoms with Crippen molar-refractivity contribution in [1.82, 2.24) is 25.8 Å². The Morgan fingerprint density at radius 2 is 1.75 bits per heavy atom. The maximum atomic E-state index is 13.9. The van der Waals surface area contributed by atoms with Crippen molar-refractivity contribution in [2.24, 2.45) is 11.3 Å². The summed E-state index contributed by atoms with van der Waals surface area (Å²) in [6.07, 6.45) is 0.565. The number of nitrogens with one attached hydrogen (secondary N) is 3. The summed E-state index contributed by atoms with van der Waals surface area (Å²) in [4.78, 5) is 55.5. The topological polar surface area (TPSA) is 111 Å². The van der Waals surface area contributed by atoms with E-state index in [0.717, 1.165) is 5.56 Å². The molecule has 0 spiro atoms. The third kappa shape index (κ3) is 5.86. The molecule has 0 saturated carbocycles. The molecule has 2 fully saturated rings. The molecule has 5 atom stereocenters. The summed E-state index contributed by atoms with van der Waals surface area (Å²) in [5.74, 6) is -1.92. The van der Waals surface area contributed by atoms with Gasteiger partial charge in [-0.3, -0.25) is 19.2 Å². The fraction of sp³-hybridized carbons (Fsp3) is 0.615. The monoisotopic (exact) mass is 503 g/mol. The molecule has 0 aliphatic carbocycles. The van der Waals surface area contributed by atoms with Gasteiger partial charge in [-0.2, -0.15) is 0 Å². The van der Waals surface area contributed by atoms with Crippen LogP contribution in [-0.4, -0.2) is 77.7 Å². The summed E-state index contributed by atoms with van der Waals surface area (Å²) >= 11 is 0. The van der Waals surface area contributed by atoms with Crippen LogP contribution in [0.15, 0.2) is 24.3 Å². The lowest BCUT2D eigenvalue weighted by molar-refractivity contribution is -0.142. The van der Waals surface area contributed by atoms with Crippen molar-refractivity contribution in [1.29, 1.82) is 0 Å². The molecule has 198 valence electrons. The second-order valence-electron chi connectivity index (χ2n) is 10.8. The molecule has 2 saturated heterocycles. The van der Waals surface area contributed by atoms with E-state index in [4.69, 9.17) is 0 Å². The molecular formula is C26H38FN5O4. The fourth-order valence-corrected chi connectivity index (χ4v) is 5.07. The first-order chi connectivity index (χ1) is 16.8. The van der Waals surface area contributed by atoms with Gasteiger partial charge in [0.25, 0.3) is 0 Å². The Hall–Kier alpha value is -3.01. The summed E-state index contributed by atoms with van der Waals surface area (Å²) in [5.41, 5.74) is 0.175. The van der Waals surface area contributed by atoms with Crippen molar-refractivity contribution in [3.05, 3.63) is 35.6 Å². The highest BCUT2D eigenvalue weighted by atomic mass is 19.1. The number of amides is 4. The molecular weight excluding hydrogens is 465 g/mol. The zero-order valence-corrected chi connectivity index (χ0v) is 21.9. The van der Waals surface area contributed by atoms with E-state index in [9.17, 15) is 23.6 Å². The Bertz CT molecular complexity index is 993. The number of rotatable bonds is 7. The molecule has 36 heavy (non-hydrogen) atoms. The average Bonchev–Trinajstić information content (AvgIpc) is 3.41. The van der Waals surface area contributed by atoms with E-state index in [-0.39, 0.29) is 48.6 Å². The SMILES string of the molecule is CN[C@@H](C)C(=O)N[C@H](C(=O)N1CC[C@@H]2[C@H]1[C@@H](C(=O)NCc1ccc(F)cc1)CN2C(C)=O)C(C)(C)C. The molecule has 0 radical (unpaired) electrons. The van der Waals surface area contributed by atoms with E-state index >= 15 is 0 Å². The van der Waals surface area contributed by atoms with Crippen LogP contribution in [0, 0.1) is 17.2 Å². The number of fused-ring (bicyclic) bond motifs is 1. The van der Waals surface area contributed by atoms with E-state index in [2.05, 4.69) is 16.0 Å². The Morgan fingerprint density at radius 1 is 1.11 bits per heavy atom. The summed E-state index contributed by atoms with van der Waals surface area (Å²) in [6.45, 7) is 9.66. The van der Waals surface area contributed by atoms with Gasteiger partial charge < -0.3 is 25.8 Å². The predicted molar refractivity (Wildman–Crippen MR) is 133 cm³/mol. The van der Waals surface area contributed by atoms with Crippen molar-refractivity contribution < 1.29 is 23.6 Å². The van der Waals surface area contributed by atoms with Crippen molar-refractivity contribution in [3.63, 3.8) is 0 Å². The lowest BCUT2D eigenvalue weighted by Crippen LogP contribution is -2.59. The first-order valence-electron chi connectivity index (χ1n) is 12.4. The van der Waals surface area contributed by atoms with Crippen LogP contribution in [0.1, 0.15) is 46.6 Å². The molecule has 9 nitrogen and oxygen atoms in total. The molecule has 1 aromatic carbocycles. The van der Waals surface area contributed by atoms with Crippen molar-refractivity contribution in [2.45, 2.75) is 71.8 Å². The number of carbonyl (C=O) groups excluding carboxylic acids is 4. The highest BCUT2D eigenvalue weighted by molar-refractivity contribution is 5.91. The molecule has 2 aliphatic rings. The first kappa shape index (κ1) is 27.6. The van der Waals surface area contributed by atoms with E-state index in [1.807, 2.05) is 20.8 Å². The summed E-state index contributed by atoms with van der Waals surface area (Å²) < 4.78 is 13.2. The van der Waals surface area contributed by atoms with Crippen LogP contribution in [0.2, 0.25) is 0 Å². The van der Waals surface area contributed by atoms with E-state index in [1.165, 1.54) is 19.1 Å². The molecule has 2 heterocycles. The Balaban J connectivity index is 1.83. The molecule has 3 rings (SSSR count). The van der Waals surface area contributed by atoms with Gasteiger partial charge in [-0.05, 0) is 43.5 Å². The van der Waals surface area contributed by atoms with Crippen LogP contribution in [0.25, 0.3) is 0 Å². The Labute approximate surface area is 212 Å². The lowest BCUT2D eigenvalue weighted by atomic mass is 9.85. The van der Waals surface area contributed by atoms with Crippen LogP contribution in [0.3, 0.4) is 0 Å². The highest BCUT2D eigenvalue weighted by Gasteiger charge is 2.55. The molecule has 0 aromatic heterocycles. The third-order valence-corrected chi connectivity index (χ3v) is 7.26. The second-order valence-corrected chi connectivity index (χ2v) is 10.8. The zero-order valence-electron chi connectivity index (χ0n) is 21.9. The quantitative estimate of drug-likeness (QED) is 0.515. The Kier molecular flexibility index (Phi) is 8.38. The van der Waals surface area contributed by atoms with E-state index < -0.39 is 29.5 Å². The van der Waals surface area contributed by atoms with Gasteiger partial charge >= 0.3 is 0 Å². The Morgan fingerprint density at radius 3 is 2.31 bits per heavy atom. The van der Waals surface area contributed by atoms with Gasteiger partial charge in [0.2, 0.25) is 23.6 Å². The molecule has 0 bridgehead atoms. The maximum absolute atomic E-state index is 13.9. The second kappa shape index (κ2) is 10.9. The fourth-order valence-electron chi connectivity index (χ4n) is 5.07. The number of likely N-dealkylation sites (tertiary alicyclic amines) is 2. The minimum atomic E-state index is -0.797. The lowest BCUT2D eigenvalue weighted by Gasteiger charge is -2.37. The van der Waals surface area contributed by atoms with Gasteiger partial charge in [0, 0.05) is 26.6 Å². The normalized spacial score (nSPS) is 23.1. The third-order valence-electron chi connectivity index (χ3n) is 7.26. The molecule has 3 N–H and O–H groups in total. The molecule has 2 aliphatic heterocycles. The van der Waals surface area contributed by atoms with Crippen LogP contribution < -0.4 is 16.0 Å².